The van der Waals surface area contributed by atoms with Crippen molar-refractivity contribution >= 4 is 29.9 Å². The fourth-order valence-corrected chi connectivity index (χ4v) is 5.28. The van der Waals surface area contributed by atoms with E-state index in [0.717, 1.165) is 21.3 Å². The molecular weight excluding hydrogens is 652 g/mol. The minimum Gasteiger partial charge on any atom is -0.445 e. The largest absolute Gasteiger partial charge is 0.445 e. The predicted molar refractivity (Wildman–Crippen MR) is 189 cm³/mol. The number of carbonyl (C=O) groups excluding carboxylic acids is 5. The third-order valence-corrected chi connectivity index (χ3v) is 7.75. The zero-order chi connectivity index (χ0) is 36.6. The number of hydrogen-bond acceptors (Lipinski definition) is 8. The molecule has 4 amide bonds. The number of nitrogens with zero attached hydrogens (tertiary/aromatic N) is 2. The summed E-state index contributed by atoms with van der Waals surface area (Å²) in [5.41, 5.74) is 8.24. The Balaban J connectivity index is 1.48. The SMILES string of the molecule is CC(C)C[C@H](NC(=O)[C@H](Cc1cn(C(=O)OCc2ccccc2)cn1)NC(=O)OCc1ccccc1)C(=O)N[C@H](CC(N)=O)Cc1ccccc1. The highest BCUT2D eigenvalue weighted by atomic mass is 16.6. The topological polar surface area (TPSA) is 184 Å². The van der Waals surface area contributed by atoms with Gasteiger partial charge < -0.3 is 31.2 Å². The monoisotopic (exact) mass is 696 g/mol. The van der Waals surface area contributed by atoms with Gasteiger partial charge in [0.05, 0.1) is 5.69 Å². The van der Waals surface area contributed by atoms with Gasteiger partial charge in [0.15, 0.2) is 0 Å². The number of nitrogens with one attached hydrogen (secondary N) is 3. The average molecular weight is 697 g/mol. The fourth-order valence-electron chi connectivity index (χ4n) is 5.28. The van der Waals surface area contributed by atoms with Gasteiger partial charge in [0.2, 0.25) is 17.7 Å². The Bertz CT molecular complexity index is 1730. The van der Waals surface area contributed by atoms with Crippen LogP contribution in [0.1, 0.15) is 49.1 Å². The number of hydrogen-bond donors (Lipinski definition) is 4. The van der Waals surface area contributed by atoms with Crippen LogP contribution in [0.15, 0.2) is 104 Å². The Morgan fingerprint density at radius 3 is 1.82 bits per heavy atom. The Morgan fingerprint density at radius 2 is 1.25 bits per heavy atom. The van der Waals surface area contributed by atoms with Crippen LogP contribution < -0.4 is 21.7 Å². The van der Waals surface area contributed by atoms with Crippen LogP contribution in [0.2, 0.25) is 0 Å². The number of aromatic nitrogens is 2. The van der Waals surface area contributed by atoms with Crippen molar-refractivity contribution in [3.8, 4) is 0 Å². The fraction of sp³-hybridized carbons (Fsp3) is 0.316. The molecule has 13 heteroatoms. The summed E-state index contributed by atoms with van der Waals surface area (Å²) >= 11 is 0. The van der Waals surface area contributed by atoms with Crippen LogP contribution in [0.3, 0.4) is 0 Å². The molecule has 3 aromatic carbocycles. The van der Waals surface area contributed by atoms with E-state index in [1.165, 1.54) is 12.5 Å². The van der Waals surface area contributed by atoms with Gasteiger partial charge in [0, 0.05) is 25.1 Å². The number of amides is 4. The first-order valence-corrected chi connectivity index (χ1v) is 16.7. The Morgan fingerprint density at radius 1 is 0.706 bits per heavy atom. The summed E-state index contributed by atoms with van der Waals surface area (Å²) in [4.78, 5) is 69.3. The van der Waals surface area contributed by atoms with Gasteiger partial charge in [-0.1, -0.05) is 105 Å². The first-order valence-electron chi connectivity index (χ1n) is 16.7. The third-order valence-electron chi connectivity index (χ3n) is 7.75. The van der Waals surface area contributed by atoms with Gasteiger partial charge in [-0.2, -0.15) is 0 Å². The molecule has 0 aliphatic rings. The molecule has 5 N–H and O–H groups in total. The second-order valence-electron chi connectivity index (χ2n) is 12.5. The number of alkyl carbamates (subject to hydrolysis) is 1. The van der Waals surface area contributed by atoms with Crippen molar-refractivity contribution in [2.24, 2.45) is 11.7 Å². The number of carbonyl (C=O) groups is 5. The van der Waals surface area contributed by atoms with Crippen LogP contribution in [0.4, 0.5) is 9.59 Å². The maximum Gasteiger partial charge on any atom is 0.419 e. The van der Waals surface area contributed by atoms with Gasteiger partial charge in [0.1, 0.15) is 31.6 Å². The van der Waals surface area contributed by atoms with E-state index >= 15 is 0 Å². The molecule has 0 fully saturated rings. The number of imidazole rings is 1. The van der Waals surface area contributed by atoms with Crippen molar-refractivity contribution < 1.29 is 33.4 Å². The average Bonchev–Trinajstić information content (AvgIpc) is 3.58. The van der Waals surface area contributed by atoms with E-state index in [0.29, 0.717) is 12.1 Å². The van der Waals surface area contributed by atoms with E-state index in [4.69, 9.17) is 15.2 Å². The minimum absolute atomic E-state index is 0.00962. The highest BCUT2D eigenvalue weighted by Gasteiger charge is 2.30. The van der Waals surface area contributed by atoms with Crippen LogP contribution in [0, 0.1) is 5.92 Å². The van der Waals surface area contributed by atoms with Gasteiger partial charge in [-0.15, -0.1) is 0 Å². The summed E-state index contributed by atoms with van der Waals surface area (Å²) < 4.78 is 11.9. The summed E-state index contributed by atoms with van der Waals surface area (Å²) in [6.07, 6.45) is 1.49. The van der Waals surface area contributed by atoms with E-state index in [1.807, 2.05) is 92.7 Å². The van der Waals surface area contributed by atoms with E-state index in [9.17, 15) is 24.0 Å². The molecule has 4 aromatic rings. The van der Waals surface area contributed by atoms with Gasteiger partial charge >= 0.3 is 12.2 Å². The van der Waals surface area contributed by atoms with Crippen LogP contribution in [0.5, 0.6) is 0 Å². The minimum atomic E-state index is -1.25. The lowest BCUT2D eigenvalue weighted by molar-refractivity contribution is -0.131. The summed E-state index contributed by atoms with van der Waals surface area (Å²) in [7, 11) is 0. The van der Waals surface area contributed by atoms with Gasteiger partial charge in [-0.05, 0) is 35.4 Å². The first kappa shape index (κ1) is 37.8. The molecule has 0 saturated carbocycles. The highest BCUT2D eigenvalue weighted by molar-refractivity contribution is 5.91. The summed E-state index contributed by atoms with van der Waals surface area (Å²) in [6, 6.07) is 24.7. The molecular formula is C38H44N6O7. The molecule has 0 bridgehead atoms. The normalized spacial score (nSPS) is 12.6. The van der Waals surface area contributed by atoms with E-state index in [2.05, 4.69) is 20.9 Å². The molecule has 0 spiro atoms. The lowest BCUT2D eigenvalue weighted by Gasteiger charge is -2.26. The van der Waals surface area contributed by atoms with E-state index in [1.54, 1.807) is 12.1 Å². The number of ether oxygens (including phenoxy) is 2. The van der Waals surface area contributed by atoms with Crippen LogP contribution in [-0.4, -0.2) is 57.6 Å². The maximum atomic E-state index is 13.8. The van der Waals surface area contributed by atoms with Crippen LogP contribution >= 0.6 is 0 Å². The Hall–Kier alpha value is -5.98. The standard InChI is InChI=1S/C38H44N6O7/c1-26(2)18-32(35(46)41-30(21-34(39)45)19-27-12-6-3-7-13-27)42-36(47)33(43-37(48)50-23-28-14-8-4-9-15-28)20-31-22-44(25-40-31)38(49)51-24-29-16-10-5-11-17-29/h3-17,22,25-26,30,32-33H,18-21,23-24H2,1-2H3,(H2,39,45)(H,41,46)(H,42,47)(H,43,48)/t30-,32-,33-/m0/s1. The second-order valence-corrected chi connectivity index (χ2v) is 12.5. The number of primary amides is 1. The molecule has 4 rings (SSSR count). The lowest BCUT2D eigenvalue weighted by atomic mass is 9.99. The molecule has 13 nitrogen and oxygen atoms in total. The summed E-state index contributed by atoms with van der Waals surface area (Å²) in [5, 5.41) is 8.24. The molecule has 51 heavy (non-hydrogen) atoms. The Kier molecular flexibility index (Phi) is 14.3. The zero-order valence-electron chi connectivity index (χ0n) is 28.7. The quantitative estimate of drug-likeness (QED) is 0.128. The van der Waals surface area contributed by atoms with Crippen molar-refractivity contribution in [2.45, 2.75) is 70.9 Å². The number of nitrogens with two attached hydrogens (primary N) is 1. The zero-order valence-corrected chi connectivity index (χ0v) is 28.7. The van der Waals surface area contributed by atoms with Crippen molar-refractivity contribution in [1.29, 1.82) is 0 Å². The van der Waals surface area contributed by atoms with E-state index in [-0.39, 0.29) is 38.4 Å². The third kappa shape index (κ3) is 13.1. The van der Waals surface area contributed by atoms with Crippen molar-refractivity contribution in [1.82, 2.24) is 25.5 Å². The molecule has 0 unspecified atom stereocenters. The molecule has 0 radical (unpaired) electrons. The molecule has 0 aliphatic carbocycles. The summed E-state index contributed by atoms with van der Waals surface area (Å²) in [6.45, 7) is 3.82. The maximum absolute atomic E-state index is 13.8. The lowest BCUT2D eigenvalue weighted by Crippen LogP contribution is -2.56. The smallest absolute Gasteiger partial charge is 0.419 e. The number of benzene rings is 3. The van der Waals surface area contributed by atoms with Gasteiger partial charge in [-0.3, -0.25) is 14.4 Å². The second kappa shape index (κ2) is 19.3. The summed E-state index contributed by atoms with van der Waals surface area (Å²) in [5.74, 6) is -1.77. The Labute approximate surface area is 296 Å². The van der Waals surface area contributed by atoms with E-state index < -0.39 is 48.0 Å². The first-order chi connectivity index (χ1) is 24.5. The molecule has 268 valence electrons. The van der Waals surface area contributed by atoms with Crippen LogP contribution in [-0.2, 0) is 49.9 Å². The van der Waals surface area contributed by atoms with Gasteiger partial charge in [0.25, 0.3) is 0 Å². The van der Waals surface area contributed by atoms with Crippen LogP contribution in [0.25, 0.3) is 0 Å². The van der Waals surface area contributed by atoms with Crippen molar-refractivity contribution in [2.75, 3.05) is 0 Å². The number of rotatable bonds is 17. The molecule has 0 aliphatic heterocycles. The molecule has 1 aromatic heterocycles. The molecule has 0 saturated heterocycles. The van der Waals surface area contributed by atoms with Crippen molar-refractivity contribution in [3.63, 3.8) is 0 Å². The molecule has 3 atom stereocenters. The van der Waals surface area contributed by atoms with Crippen molar-refractivity contribution in [3.05, 3.63) is 126 Å². The molecule has 1 heterocycles. The highest BCUT2D eigenvalue weighted by Crippen LogP contribution is 2.12. The predicted octanol–water partition coefficient (Wildman–Crippen LogP) is 4.04. The van der Waals surface area contributed by atoms with Gasteiger partial charge in [-0.25, -0.2) is 19.1 Å².